The number of non-ortho nitro benzene ring substituents is 1. The lowest BCUT2D eigenvalue weighted by Gasteiger charge is -2.11. The fourth-order valence-corrected chi connectivity index (χ4v) is 4.20. The normalized spacial score (nSPS) is 14.7. The summed E-state index contributed by atoms with van der Waals surface area (Å²) in [6.07, 6.45) is 0. The Hall–Kier alpha value is -0.0500. The van der Waals surface area contributed by atoms with Crippen LogP contribution < -0.4 is 15.2 Å². The number of hydrogen-bond acceptors (Lipinski definition) is 6. The van der Waals surface area contributed by atoms with Crippen molar-refractivity contribution in [1.82, 2.24) is 10.6 Å². The fourth-order valence-electron chi connectivity index (χ4n) is 1.46. The SMILES string of the molecule is C1CNCCN1.O=[N+]([O-])c1cc(I)c(OP(=O)(O)O)c(I)c1. The van der Waals surface area contributed by atoms with Crippen LogP contribution in [-0.2, 0) is 4.57 Å². The van der Waals surface area contributed by atoms with Crippen LogP contribution in [0.25, 0.3) is 0 Å². The van der Waals surface area contributed by atoms with E-state index >= 15 is 0 Å². The lowest BCUT2D eigenvalue weighted by atomic mass is 10.3. The molecule has 0 unspecified atom stereocenters. The number of halogens is 2. The van der Waals surface area contributed by atoms with Gasteiger partial charge in [-0.2, -0.15) is 0 Å². The molecule has 1 aliphatic rings. The highest BCUT2D eigenvalue weighted by Crippen LogP contribution is 2.42. The van der Waals surface area contributed by atoms with E-state index in [2.05, 4.69) is 15.2 Å². The summed E-state index contributed by atoms with van der Waals surface area (Å²) in [6.45, 7) is 4.56. The van der Waals surface area contributed by atoms with Crippen LogP contribution in [0, 0.1) is 17.3 Å². The van der Waals surface area contributed by atoms with E-state index in [1.165, 1.54) is 12.1 Å². The summed E-state index contributed by atoms with van der Waals surface area (Å²) in [6, 6.07) is 2.35. The Kier molecular flexibility index (Phi) is 8.45. The molecule has 0 amide bonds. The Bertz CT molecular complexity index is 543. The molecule has 0 atom stereocenters. The van der Waals surface area contributed by atoms with Gasteiger partial charge in [0, 0.05) is 38.3 Å². The van der Waals surface area contributed by atoms with Gasteiger partial charge >= 0.3 is 7.82 Å². The van der Waals surface area contributed by atoms with Crippen molar-refractivity contribution in [3.05, 3.63) is 29.4 Å². The largest absolute Gasteiger partial charge is 0.524 e. The monoisotopic (exact) mass is 557 g/mol. The molecular formula is C10H14I2N3O6P. The Balaban J connectivity index is 0.000000335. The predicted octanol–water partition coefficient (Wildman–Crippen LogP) is 1.45. The van der Waals surface area contributed by atoms with Crippen LogP contribution in [0.3, 0.4) is 0 Å². The summed E-state index contributed by atoms with van der Waals surface area (Å²) >= 11 is 3.41. The highest BCUT2D eigenvalue weighted by atomic mass is 127. The predicted molar refractivity (Wildman–Crippen MR) is 96.9 cm³/mol. The Morgan fingerprint density at radius 1 is 1.14 bits per heavy atom. The van der Waals surface area contributed by atoms with Gasteiger partial charge in [-0.05, 0) is 45.2 Å². The number of rotatable bonds is 3. The average molecular weight is 557 g/mol. The molecule has 0 aromatic heterocycles. The van der Waals surface area contributed by atoms with Crippen molar-refractivity contribution >= 4 is 58.7 Å². The maximum Gasteiger partial charge on any atom is 0.524 e. The van der Waals surface area contributed by atoms with Gasteiger partial charge in [0.05, 0.1) is 12.1 Å². The number of phosphoric ester groups is 1. The molecule has 2 rings (SSSR count). The third kappa shape index (κ3) is 7.48. The molecule has 1 heterocycles. The van der Waals surface area contributed by atoms with E-state index in [-0.39, 0.29) is 18.6 Å². The summed E-state index contributed by atoms with van der Waals surface area (Å²) in [5.74, 6) is -0.0554. The van der Waals surface area contributed by atoms with Gasteiger partial charge in [-0.15, -0.1) is 0 Å². The molecule has 4 N–H and O–H groups in total. The van der Waals surface area contributed by atoms with E-state index < -0.39 is 12.7 Å². The van der Waals surface area contributed by atoms with E-state index in [9.17, 15) is 14.7 Å². The van der Waals surface area contributed by atoms with Crippen LogP contribution in [0.4, 0.5) is 5.69 Å². The molecule has 0 aliphatic carbocycles. The molecule has 1 fully saturated rings. The van der Waals surface area contributed by atoms with Crippen molar-refractivity contribution in [3.63, 3.8) is 0 Å². The second kappa shape index (κ2) is 9.30. The van der Waals surface area contributed by atoms with Crippen molar-refractivity contribution in [2.45, 2.75) is 0 Å². The Labute approximate surface area is 153 Å². The average Bonchev–Trinajstić information content (AvgIpc) is 2.44. The topological polar surface area (TPSA) is 134 Å². The first kappa shape index (κ1) is 20.0. The molecule has 9 nitrogen and oxygen atoms in total. The van der Waals surface area contributed by atoms with Crippen LogP contribution in [-0.4, -0.2) is 40.9 Å². The number of hydrogen-bond donors (Lipinski definition) is 4. The Morgan fingerprint density at radius 2 is 1.55 bits per heavy atom. The summed E-state index contributed by atoms with van der Waals surface area (Å²) in [4.78, 5) is 27.2. The molecule has 1 aliphatic heterocycles. The lowest BCUT2D eigenvalue weighted by molar-refractivity contribution is -0.385. The molecular weight excluding hydrogens is 543 g/mol. The third-order valence-electron chi connectivity index (χ3n) is 2.36. The van der Waals surface area contributed by atoms with Crippen molar-refractivity contribution in [2.75, 3.05) is 26.2 Å². The maximum atomic E-state index is 10.7. The minimum Gasteiger partial charge on any atom is -0.402 e. The quantitative estimate of drug-likeness (QED) is 0.190. The summed E-state index contributed by atoms with van der Waals surface area (Å²) in [5, 5.41) is 17.0. The van der Waals surface area contributed by atoms with E-state index in [4.69, 9.17) is 9.79 Å². The number of phosphoric acid groups is 1. The first-order chi connectivity index (χ1) is 10.2. The fraction of sp³-hybridized carbons (Fsp3) is 0.400. The van der Waals surface area contributed by atoms with E-state index in [0.29, 0.717) is 0 Å². The number of benzene rings is 1. The van der Waals surface area contributed by atoms with Crippen molar-refractivity contribution in [1.29, 1.82) is 0 Å². The van der Waals surface area contributed by atoms with E-state index in [1.807, 2.05) is 0 Å². The van der Waals surface area contributed by atoms with Gasteiger partial charge in [-0.25, -0.2) is 4.57 Å². The van der Waals surface area contributed by atoms with E-state index in [1.54, 1.807) is 45.2 Å². The zero-order chi connectivity index (χ0) is 16.8. The zero-order valence-corrected chi connectivity index (χ0v) is 16.4. The molecule has 0 bridgehead atoms. The zero-order valence-electron chi connectivity index (χ0n) is 11.2. The number of nitrogens with zero attached hydrogens (tertiary/aromatic N) is 1. The number of nitro groups is 1. The van der Waals surface area contributed by atoms with Gasteiger partial charge in [-0.1, -0.05) is 0 Å². The smallest absolute Gasteiger partial charge is 0.402 e. The molecule has 0 saturated carbocycles. The second-order valence-electron chi connectivity index (χ2n) is 4.08. The first-order valence-electron chi connectivity index (χ1n) is 6.00. The Morgan fingerprint density at radius 3 is 1.82 bits per heavy atom. The van der Waals surface area contributed by atoms with Gasteiger partial charge in [-0.3, -0.25) is 19.9 Å². The minimum atomic E-state index is -4.66. The van der Waals surface area contributed by atoms with Crippen molar-refractivity contribution in [2.24, 2.45) is 0 Å². The van der Waals surface area contributed by atoms with E-state index in [0.717, 1.165) is 26.2 Å². The molecule has 1 aromatic rings. The van der Waals surface area contributed by atoms with Crippen LogP contribution >= 0.6 is 53.0 Å². The highest BCUT2D eigenvalue weighted by molar-refractivity contribution is 14.1. The van der Waals surface area contributed by atoms with Gasteiger partial charge in [0.15, 0.2) is 5.75 Å². The number of nitro benzene ring substituents is 1. The number of piperazine rings is 1. The van der Waals surface area contributed by atoms with Gasteiger partial charge in [0.25, 0.3) is 5.69 Å². The van der Waals surface area contributed by atoms with Gasteiger partial charge < -0.3 is 15.2 Å². The number of nitrogens with one attached hydrogen (secondary N) is 2. The van der Waals surface area contributed by atoms with Gasteiger partial charge in [0.1, 0.15) is 0 Å². The molecule has 0 radical (unpaired) electrons. The van der Waals surface area contributed by atoms with Crippen LogP contribution in [0.15, 0.2) is 12.1 Å². The van der Waals surface area contributed by atoms with Crippen LogP contribution in [0.2, 0.25) is 0 Å². The highest BCUT2D eigenvalue weighted by Gasteiger charge is 2.22. The molecule has 1 saturated heterocycles. The van der Waals surface area contributed by atoms with Crippen molar-refractivity contribution < 1.29 is 23.8 Å². The first-order valence-corrected chi connectivity index (χ1v) is 9.69. The summed E-state index contributed by atoms with van der Waals surface area (Å²) in [7, 11) is -4.66. The van der Waals surface area contributed by atoms with Crippen LogP contribution in [0.1, 0.15) is 0 Å². The molecule has 22 heavy (non-hydrogen) atoms. The molecule has 0 spiro atoms. The van der Waals surface area contributed by atoms with Gasteiger partial charge in [0.2, 0.25) is 0 Å². The second-order valence-corrected chi connectivity index (χ2v) is 7.57. The van der Waals surface area contributed by atoms with Crippen molar-refractivity contribution in [3.8, 4) is 5.75 Å². The molecule has 124 valence electrons. The summed E-state index contributed by atoms with van der Waals surface area (Å²) in [5.41, 5.74) is -0.160. The molecule has 12 heteroatoms. The lowest BCUT2D eigenvalue weighted by Crippen LogP contribution is -2.39. The third-order valence-corrected chi connectivity index (χ3v) is 4.38. The standard InChI is InChI=1S/C6H4I2NO6P.C4H10N2/c7-4-1-3(9(10)11)2-5(8)6(4)15-16(12,13)14;1-2-6-4-3-5-1/h1-2H,(H2,12,13,14);5-6H,1-4H2. The maximum absolute atomic E-state index is 10.7. The molecule has 1 aromatic carbocycles. The van der Waals surface area contributed by atoms with Crippen LogP contribution in [0.5, 0.6) is 5.75 Å². The minimum absolute atomic E-state index is 0.0554. The summed E-state index contributed by atoms with van der Waals surface area (Å²) < 4.78 is 15.6.